The summed E-state index contributed by atoms with van der Waals surface area (Å²) in [6.45, 7) is 3.99. The number of benzene rings is 2. The highest BCUT2D eigenvalue weighted by Crippen LogP contribution is 2.37. The van der Waals surface area contributed by atoms with Gasteiger partial charge < -0.3 is 24.6 Å². The van der Waals surface area contributed by atoms with Crippen LogP contribution in [0.15, 0.2) is 36.4 Å². The summed E-state index contributed by atoms with van der Waals surface area (Å²) in [5, 5.41) is 3.60. The highest BCUT2D eigenvalue weighted by atomic mass is 35.5. The van der Waals surface area contributed by atoms with Crippen molar-refractivity contribution in [2.45, 2.75) is 6.42 Å². The van der Waals surface area contributed by atoms with Crippen molar-refractivity contribution in [3.63, 3.8) is 0 Å². The van der Waals surface area contributed by atoms with Crippen LogP contribution in [0, 0.1) is 5.82 Å². The number of halogens is 2. The first-order chi connectivity index (χ1) is 14.1. The zero-order chi connectivity index (χ0) is 20.2. The van der Waals surface area contributed by atoms with E-state index in [1.54, 1.807) is 24.3 Å². The number of piperazine rings is 1. The number of rotatable bonds is 4. The lowest BCUT2D eigenvalue weighted by atomic mass is 10.2. The van der Waals surface area contributed by atoms with E-state index in [4.69, 9.17) is 21.1 Å². The fourth-order valence-electron chi connectivity index (χ4n) is 3.47. The third-order valence-electron chi connectivity index (χ3n) is 5.09. The topological polar surface area (TPSA) is 54.0 Å². The van der Waals surface area contributed by atoms with Gasteiger partial charge in [-0.3, -0.25) is 4.79 Å². The van der Waals surface area contributed by atoms with Crippen LogP contribution >= 0.6 is 11.6 Å². The fraction of sp³-hybridized carbons (Fsp3) is 0.381. The third-order valence-corrected chi connectivity index (χ3v) is 5.40. The van der Waals surface area contributed by atoms with Crippen molar-refractivity contribution in [2.24, 2.45) is 0 Å². The summed E-state index contributed by atoms with van der Waals surface area (Å²) >= 11 is 6.33. The van der Waals surface area contributed by atoms with Gasteiger partial charge in [0, 0.05) is 50.4 Å². The minimum absolute atomic E-state index is 0.00642. The van der Waals surface area contributed by atoms with E-state index in [2.05, 4.69) is 10.2 Å². The van der Waals surface area contributed by atoms with Crippen molar-refractivity contribution >= 4 is 28.9 Å². The molecule has 0 bridgehead atoms. The molecule has 4 rings (SSSR count). The number of amides is 1. The quantitative estimate of drug-likeness (QED) is 0.823. The van der Waals surface area contributed by atoms with Gasteiger partial charge >= 0.3 is 0 Å². The van der Waals surface area contributed by atoms with Crippen LogP contribution in [0.1, 0.15) is 6.42 Å². The minimum Gasteiger partial charge on any atom is -0.490 e. The molecule has 29 heavy (non-hydrogen) atoms. The van der Waals surface area contributed by atoms with Crippen LogP contribution < -0.4 is 19.7 Å². The monoisotopic (exact) mass is 419 g/mol. The third kappa shape index (κ3) is 4.67. The number of fused-ring (bicyclic) bond motifs is 1. The highest BCUT2D eigenvalue weighted by molar-refractivity contribution is 6.33. The summed E-state index contributed by atoms with van der Waals surface area (Å²) in [7, 11) is 0. The summed E-state index contributed by atoms with van der Waals surface area (Å²) in [5.74, 6) is 1.02. The van der Waals surface area contributed by atoms with Crippen LogP contribution in [0.4, 0.5) is 15.8 Å². The lowest BCUT2D eigenvalue weighted by molar-refractivity contribution is -0.129. The van der Waals surface area contributed by atoms with Crippen LogP contribution in [0.5, 0.6) is 11.5 Å². The van der Waals surface area contributed by atoms with Crippen LogP contribution in [-0.4, -0.2) is 56.7 Å². The van der Waals surface area contributed by atoms with Gasteiger partial charge in [0.2, 0.25) is 5.91 Å². The maximum absolute atomic E-state index is 13.1. The number of carbonyl (C=O) groups is 1. The Morgan fingerprint density at radius 1 is 1.03 bits per heavy atom. The maximum atomic E-state index is 13.1. The molecule has 0 aromatic heterocycles. The molecule has 2 aliphatic heterocycles. The van der Waals surface area contributed by atoms with Gasteiger partial charge in [-0.25, -0.2) is 4.39 Å². The number of nitrogens with zero attached hydrogens (tertiary/aromatic N) is 2. The van der Waals surface area contributed by atoms with Gasteiger partial charge in [-0.2, -0.15) is 0 Å². The van der Waals surface area contributed by atoms with Crippen LogP contribution in [0.25, 0.3) is 0 Å². The Hall–Kier alpha value is -2.67. The predicted molar refractivity (Wildman–Crippen MR) is 111 cm³/mol. The summed E-state index contributed by atoms with van der Waals surface area (Å²) in [6.07, 6.45) is 0.817. The minimum atomic E-state index is -0.248. The predicted octanol–water partition coefficient (Wildman–Crippen LogP) is 3.40. The molecule has 0 atom stereocenters. The van der Waals surface area contributed by atoms with Crippen LogP contribution in [-0.2, 0) is 4.79 Å². The normalized spacial score (nSPS) is 16.3. The second kappa shape index (κ2) is 8.78. The average molecular weight is 420 g/mol. The second-order valence-electron chi connectivity index (χ2n) is 7.03. The molecule has 8 heteroatoms. The van der Waals surface area contributed by atoms with Gasteiger partial charge in [-0.1, -0.05) is 11.6 Å². The van der Waals surface area contributed by atoms with Crippen LogP contribution in [0.2, 0.25) is 5.02 Å². The van der Waals surface area contributed by atoms with Gasteiger partial charge in [0.1, 0.15) is 5.82 Å². The first-order valence-electron chi connectivity index (χ1n) is 9.71. The molecule has 2 aliphatic rings. The molecule has 1 saturated heterocycles. The molecular formula is C21H23ClFN3O3. The summed E-state index contributed by atoms with van der Waals surface area (Å²) in [4.78, 5) is 16.6. The van der Waals surface area contributed by atoms with Crippen molar-refractivity contribution in [3.8, 4) is 11.5 Å². The molecule has 1 fully saturated rings. The van der Waals surface area contributed by atoms with E-state index >= 15 is 0 Å². The van der Waals surface area contributed by atoms with E-state index < -0.39 is 0 Å². The molecule has 1 amide bonds. The molecule has 0 spiro atoms. The second-order valence-corrected chi connectivity index (χ2v) is 7.43. The Morgan fingerprint density at radius 3 is 2.38 bits per heavy atom. The van der Waals surface area contributed by atoms with E-state index in [1.165, 1.54) is 12.1 Å². The van der Waals surface area contributed by atoms with Gasteiger partial charge in [0.25, 0.3) is 0 Å². The molecular weight excluding hydrogens is 397 g/mol. The zero-order valence-electron chi connectivity index (χ0n) is 16.0. The molecule has 2 heterocycles. The summed E-state index contributed by atoms with van der Waals surface area (Å²) in [6, 6.07) is 9.94. The van der Waals surface area contributed by atoms with Crippen molar-refractivity contribution < 1.29 is 18.7 Å². The number of anilines is 2. The van der Waals surface area contributed by atoms with Gasteiger partial charge in [0.05, 0.1) is 30.5 Å². The lowest BCUT2D eigenvalue weighted by Gasteiger charge is -2.36. The molecule has 6 nitrogen and oxygen atoms in total. The van der Waals surface area contributed by atoms with E-state index in [0.29, 0.717) is 61.6 Å². The summed E-state index contributed by atoms with van der Waals surface area (Å²) < 4.78 is 24.4. The Bertz CT molecular complexity index is 870. The fourth-order valence-corrected chi connectivity index (χ4v) is 3.69. The number of nitrogens with one attached hydrogen (secondary N) is 1. The number of hydrogen-bond donors (Lipinski definition) is 1. The maximum Gasteiger partial charge on any atom is 0.241 e. The van der Waals surface area contributed by atoms with Crippen molar-refractivity contribution in [1.29, 1.82) is 0 Å². The molecule has 0 unspecified atom stereocenters. The van der Waals surface area contributed by atoms with Crippen molar-refractivity contribution in [1.82, 2.24) is 4.90 Å². The lowest BCUT2D eigenvalue weighted by Crippen LogP contribution is -2.50. The largest absolute Gasteiger partial charge is 0.490 e. The summed E-state index contributed by atoms with van der Waals surface area (Å²) in [5.41, 5.74) is 1.62. The Morgan fingerprint density at radius 2 is 1.69 bits per heavy atom. The molecule has 0 radical (unpaired) electrons. The molecule has 0 saturated carbocycles. The zero-order valence-corrected chi connectivity index (χ0v) is 16.8. The average Bonchev–Trinajstić information content (AvgIpc) is 2.97. The SMILES string of the molecule is O=C(CNc1cc2c(cc1Cl)OCCCO2)N1CCN(c2ccc(F)cc2)CC1. The number of ether oxygens (including phenoxy) is 2. The Balaban J connectivity index is 1.31. The Kier molecular flexibility index (Phi) is 5.94. The van der Waals surface area contributed by atoms with Crippen molar-refractivity contribution in [3.05, 3.63) is 47.2 Å². The number of carbonyl (C=O) groups excluding carboxylic acids is 1. The smallest absolute Gasteiger partial charge is 0.241 e. The van der Waals surface area contributed by atoms with E-state index in [9.17, 15) is 9.18 Å². The first kappa shape index (κ1) is 19.6. The standard InChI is InChI=1S/C21H23ClFN3O3/c22-17-12-19-20(29-11-1-10-28-19)13-18(17)24-14-21(27)26-8-6-25(7-9-26)16-4-2-15(23)3-5-16/h2-5,12-13,24H,1,6-11,14H2. The van der Waals surface area contributed by atoms with E-state index in [-0.39, 0.29) is 18.3 Å². The van der Waals surface area contributed by atoms with Gasteiger partial charge in [-0.05, 0) is 24.3 Å². The molecule has 1 N–H and O–H groups in total. The molecule has 2 aromatic carbocycles. The molecule has 154 valence electrons. The first-order valence-corrected chi connectivity index (χ1v) is 10.1. The Labute approximate surface area is 174 Å². The van der Waals surface area contributed by atoms with E-state index in [0.717, 1.165) is 12.1 Å². The highest BCUT2D eigenvalue weighted by Gasteiger charge is 2.22. The molecule has 0 aliphatic carbocycles. The molecule has 2 aromatic rings. The van der Waals surface area contributed by atoms with Crippen LogP contribution in [0.3, 0.4) is 0 Å². The number of hydrogen-bond acceptors (Lipinski definition) is 5. The van der Waals surface area contributed by atoms with Gasteiger partial charge in [0.15, 0.2) is 11.5 Å². The van der Waals surface area contributed by atoms with E-state index in [1.807, 2.05) is 4.90 Å². The van der Waals surface area contributed by atoms with Crippen molar-refractivity contribution in [2.75, 3.05) is 56.2 Å². The van der Waals surface area contributed by atoms with Gasteiger partial charge in [-0.15, -0.1) is 0 Å².